The number of hydrogen-bond acceptors (Lipinski definition) is 4. The molecule has 1 amide bonds. The monoisotopic (exact) mass is 231 g/mol. The van der Waals surface area contributed by atoms with Crippen LogP contribution in [0.25, 0.3) is 0 Å². The van der Waals surface area contributed by atoms with Gasteiger partial charge in [-0.15, -0.1) is 0 Å². The number of nitrogens with zero attached hydrogens (tertiary/aromatic N) is 1. The highest BCUT2D eigenvalue weighted by Gasteiger charge is 2.23. The van der Waals surface area contributed by atoms with Gasteiger partial charge in [-0.2, -0.15) is 11.8 Å². The van der Waals surface area contributed by atoms with E-state index in [1.165, 1.54) is 0 Å². The molecule has 1 rings (SSSR count). The Labute approximate surface area is 96.0 Å². The molecule has 0 aliphatic carbocycles. The number of primary amides is 1. The van der Waals surface area contributed by atoms with Crippen molar-refractivity contribution in [3.8, 4) is 0 Å². The molecule has 0 aromatic rings. The highest BCUT2D eigenvalue weighted by Crippen LogP contribution is 2.09. The maximum atomic E-state index is 11.4. The maximum absolute atomic E-state index is 11.4. The van der Waals surface area contributed by atoms with Crippen LogP contribution in [0.2, 0.25) is 0 Å². The smallest absolute Gasteiger partial charge is 0.234 e. The molecular formula is C10H21N3OS. The molecule has 1 aliphatic rings. The van der Waals surface area contributed by atoms with Gasteiger partial charge in [-0.25, -0.2) is 0 Å². The average molecular weight is 231 g/mol. The SMILES string of the molecule is CSCCC(C(N)=O)N1CCCNCC1. The van der Waals surface area contributed by atoms with Crippen molar-refractivity contribution in [2.45, 2.75) is 18.9 Å². The molecule has 0 aromatic carbocycles. The summed E-state index contributed by atoms with van der Waals surface area (Å²) in [6.45, 7) is 3.92. The second-order valence-electron chi connectivity index (χ2n) is 3.84. The van der Waals surface area contributed by atoms with Gasteiger partial charge in [0.1, 0.15) is 0 Å². The van der Waals surface area contributed by atoms with Crippen LogP contribution in [0.4, 0.5) is 0 Å². The Morgan fingerprint density at radius 1 is 1.53 bits per heavy atom. The zero-order valence-corrected chi connectivity index (χ0v) is 10.2. The van der Waals surface area contributed by atoms with Crippen LogP contribution in [-0.2, 0) is 4.79 Å². The molecule has 1 fully saturated rings. The van der Waals surface area contributed by atoms with Crippen LogP contribution in [0.15, 0.2) is 0 Å². The molecule has 0 saturated carbocycles. The van der Waals surface area contributed by atoms with Gasteiger partial charge in [-0.1, -0.05) is 0 Å². The zero-order chi connectivity index (χ0) is 11.1. The lowest BCUT2D eigenvalue weighted by molar-refractivity contribution is -0.123. The van der Waals surface area contributed by atoms with E-state index in [-0.39, 0.29) is 11.9 Å². The van der Waals surface area contributed by atoms with Gasteiger partial charge in [0, 0.05) is 19.6 Å². The first-order valence-corrected chi connectivity index (χ1v) is 6.88. The number of thioether (sulfide) groups is 1. The summed E-state index contributed by atoms with van der Waals surface area (Å²) in [6.07, 6.45) is 4.03. The molecule has 1 saturated heterocycles. The van der Waals surface area contributed by atoms with E-state index in [0.717, 1.165) is 44.8 Å². The van der Waals surface area contributed by atoms with Gasteiger partial charge in [0.25, 0.3) is 0 Å². The minimum atomic E-state index is -0.175. The number of rotatable bonds is 5. The van der Waals surface area contributed by atoms with Gasteiger partial charge >= 0.3 is 0 Å². The maximum Gasteiger partial charge on any atom is 0.234 e. The molecule has 1 unspecified atom stereocenters. The topological polar surface area (TPSA) is 58.4 Å². The molecule has 15 heavy (non-hydrogen) atoms. The summed E-state index contributed by atoms with van der Waals surface area (Å²) >= 11 is 1.77. The van der Waals surface area contributed by atoms with Crippen LogP contribution in [0.5, 0.6) is 0 Å². The summed E-state index contributed by atoms with van der Waals surface area (Å²) in [5.74, 6) is 0.823. The molecule has 0 bridgehead atoms. The van der Waals surface area contributed by atoms with Crippen molar-refractivity contribution in [2.24, 2.45) is 5.73 Å². The molecule has 88 valence electrons. The number of nitrogens with one attached hydrogen (secondary N) is 1. The predicted molar refractivity (Wildman–Crippen MR) is 65.0 cm³/mol. The standard InChI is InChI=1S/C10H21N3OS/c1-15-8-3-9(10(11)14)13-6-2-4-12-5-7-13/h9,12H,2-8H2,1H3,(H2,11,14). The van der Waals surface area contributed by atoms with Gasteiger partial charge in [0.2, 0.25) is 5.91 Å². The average Bonchev–Trinajstić information content (AvgIpc) is 2.47. The van der Waals surface area contributed by atoms with Gasteiger partial charge < -0.3 is 11.1 Å². The molecule has 1 atom stereocenters. The lowest BCUT2D eigenvalue weighted by Crippen LogP contribution is -2.46. The summed E-state index contributed by atoms with van der Waals surface area (Å²) in [6, 6.07) is -0.0719. The molecule has 4 nitrogen and oxygen atoms in total. The molecule has 5 heteroatoms. The Bertz CT molecular complexity index is 193. The highest BCUT2D eigenvalue weighted by molar-refractivity contribution is 7.98. The molecular weight excluding hydrogens is 210 g/mol. The predicted octanol–water partition coefficient (Wildman–Crippen LogP) is -0.111. The Morgan fingerprint density at radius 2 is 2.33 bits per heavy atom. The van der Waals surface area contributed by atoms with Gasteiger partial charge in [0.05, 0.1) is 6.04 Å². The van der Waals surface area contributed by atoms with Gasteiger partial charge in [-0.05, 0) is 31.4 Å². The van der Waals surface area contributed by atoms with E-state index < -0.39 is 0 Å². The lowest BCUT2D eigenvalue weighted by atomic mass is 10.1. The lowest BCUT2D eigenvalue weighted by Gasteiger charge is -2.27. The minimum Gasteiger partial charge on any atom is -0.368 e. The van der Waals surface area contributed by atoms with Crippen molar-refractivity contribution in [2.75, 3.05) is 38.2 Å². The van der Waals surface area contributed by atoms with E-state index in [0.29, 0.717) is 0 Å². The van der Waals surface area contributed by atoms with E-state index in [1.54, 1.807) is 11.8 Å². The van der Waals surface area contributed by atoms with Crippen LogP contribution < -0.4 is 11.1 Å². The number of carbonyl (C=O) groups is 1. The first kappa shape index (κ1) is 12.8. The van der Waals surface area contributed by atoms with E-state index >= 15 is 0 Å². The summed E-state index contributed by atoms with van der Waals surface area (Å²) in [7, 11) is 0. The second kappa shape index (κ2) is 7.09. The van der Waals surface area contributed by atoms with E-state index in [1.807, 2.05) is 0 Å². The molecule has 0 aromatic heterocycles. The number of hydrogen-bond donors (Lipinski definition) is 2. The minimum absolute atomic E-state index is 0.0719. The van der Waals surface area contributed by atoms with Crippen LogP contribution in [-0.4, -0.2) is 55.0 Å². The van der Waals surface area contributed by atoms with E-state index in [2.05, 4.69) is 16.5 Å². The van der Waals surface area contributed by atoms with E-state index in [4.69, 9.17) is 5.73 Å². The van der Waals surface area contributed by atoms with Crippen LogP contribution in [0.1, 0.15) is 12.8 Å². The normalized spacial score (nSPS) is 20.9. The van der Waals surface area contributed by atoms with Crippen molar-refractivity contribution >= 4 is 17.7 Å². The van der Waals surface area contributed by atoms with E-state index in [9.17, 15) is 4.79 Å². The van der Waals surface area contributed by atoms with Crippen LogP contribution in [0.3, 0.4) is 0 Å². The Balaban J connectivity index is 2.48. The summed E-state index contributed by atoms with van der Waals surface area (Å²) < 4.78 is 0. The zero-order valence-electron chi connectivity index (χ0n) is 9.37. The van der Waals surface area contributed by atoms with Crippen molar-refractivity contribution in [3.63, 3.8) is 0 Å². The van der Waals surface area contributed by atoms with Gasteiger partial charge in [-0.3, -0.25) is 9.69 Å². The number of carbonyl (C=O) groups excluding carboxylic acids is 1. The first-order chi connectivity index (χ1) is 7.25. The summed E-state index contributed by atoms with van der Waals surface area (Å²) in [5.41, 5.74) is 5.45. The summed E-state index contributed by atoms with van der Waals surface area (Å²) in [5, 5.41) is 3.33. The molecule has 1 heterocycles. The molecule has 3 N–H and O–H groups in total. The fourth-order valence-corrected chi connectivity index (χ4v) is 2.37. The fraction of sp³-hybridized carbons (Fsp3) is 0.900. The van der Waals surface area contributed by atoms with Crippen LogP contribution >= 0.6 is 11.8 Å². The molecule has 0 spiro atoms. The Hall–Kier alpha value is -0.260. The Morgan fingerprint density at radius 3 is 3.00 bits per heavy atom. The van der Waals surface area contributed by atoms with Crippen molar-refractivity contribution in [1.29, 1.82) is 0 Å². The van der Waals surface area contributed by atoms with Crippen molar-refractivity contribution < 1.29 is 4.79 Å². The molecule has 0 radical (unpaired) electrons. The third-order valence-corrected chi connectivity index (χ3v) is 3.38. The summed E-state index contributed by atoms with van der Waals surface area (Å²) in [4.78, 5) is 13.6. The molecule has 1 aliphatic heterocycles. The van der Waals surface area contributed by atoms with Crippen molar-refractivity contribution in [3.05, 3.63) is 0 Å². The van der Waals surface area contributed by atoms with Gasteiger partial charge in [0.15, 0.2) is 0 Å². The Kier molecular flexibility index (Phi) is 6.05. The third kappa shape index (κ3) is 4.40. The van der Waals surface area contributed by atoms with Crippen molar-refractivity contribution in [1.82, 2.24) is 10.2 Å². The van der Waals surface area contributed by atoms with Crippen LogP contribution in [0, 0.1) is 0 Å². The first-order valence-electron chi connectivity index (χ1n) is 5.48. The quantitative estimate of drug-likeness (QED) is 0.693. The number of amides is 1. The second-order valence-corrected chi connectivity index (χ2v) is 4.82. The fourth-order valence-electron chi connectivity index (χ4n) is 1.91. The highest BCUT2D eigenvalue weighted by atomic mass is 32.2. The number of nitrogens with two attached hydrogens (primary N) is 1. The largest absolute Gasteiger partial charge is 0.368 e. The third-order valence-electron chi connectivity index (χ3n) is 2.74.